The number of halogens is 2. The summed E-state index contributed by atoms with van der Waals surface area (Å²) in [5, 5.41) is 5.18. The van der Waals surface area contributed by atoms with E-state index in [-0.39, 0.29) is 5.91 Å². The average molecular weight is 358 g/mol. The van der Waals surface area contributed by atoms with Crippen LogP contribution in [0.3, 0.4) is 0 Å². The van der Waals surface area contributed by atoms with Crippen LogP contribution in [0.4, 0.5) is 5.13 Å². The van der Waals surface area contributed by atoms with Gasteiger partial charge >= 0.3 is 0 Å². The van der Waals surface area contributed by atoms with Gasteiger partial charge in [0, 0.05) is 0 Å². The third-order valence-corrected chi connectivity index (χ3v) is 5.58. The lowest BCUT2D eigenvalue weighted by molar-refractivity contribution is 0.103. The smallest absolute Gasteiger partial charge is 0.269 e. The summed E-state index contributed by atoms with van der Waals surface area (Å²) in [6.45, 7) is 3.68. The number of carbonyl (C=O) groups is 1. The number of carbonyl (C=O) groups excluding carboxylic acids is 1. The molecule has 2 aromatic heterocycles. The standard InChI is InChI=1S/C13H9Cl2N3OS2/c1-5-10(20-6(2)16-5)12(19)18-13-17-9-7(14)3-4-8(15)11(9)21-13/h3-4H,1-2H3,(H,17,18,19). The Balaban J connectivity index is 1.95. The maximum Gasteiger partial charge on any atom is 0.269 e. The van der Waals surface area contributed by atoms with E-state index >= 15 is 0 Å². The van der Waals surface area contributed by atoms with E-state index in [4.69, 9.17) is 23.2 Å². The van der Waals surface area contributed by atoms with Crippen molar-refractivity contribution in [3.05, 3.63) is 37.8 Å². The molecular formula is C13H9Cl2N3OS2. The number of nitrogens with zero attached hydrogens (tertiary/aromatic N) is 2. The first-order chi connectivity index (χ1) is 9.95. The lowest BCUT2D eigenvalue weighted by Gasteiger charge is -1.98. The van der Waals surface area contributed by atoms with E-state index in [1.807, 2.05) is 13.8 Å². The molecule has 0 bridgehead atoms. The molecule has 0 aliphatic carbocycles. The fourth-order valence-electron chi connectivity index (χ4n) is 1.89. The van der Waals surface area contributed by atoms with Gasteiger partial charge in [-0.2, -0.15) is 0 Å². The van der Waals surface area contributed by atoms with Crippen molar-refractivity contribution in [1.29, 1.82) is 0 Å². The number of fused-ring (bicyclic) bond motifs is 1. The number of amides is 1. The summed E-state index contributed by atoms with van der Waals surface area (Å²) in [6.07, 6.45) is 0. The molecule has 0 saturated carbocycles. The van der Waals surface area contributed by atoms with E-state index in [0.29, 0.717) is 31.3 Å². The van der Waals surface area contributed by atoms with Gasteiger partial charge in [-0.25, -0.2) is 9.97 Å². The Kier molecular flexibility index (Phi) is 3.88. The third kappa shape index (κ3) is 2.76. The predicted molar refractivity (Wildman–Crippen MR) is 89.2 cm³/mol. The lowest BCUT2D eigenvalue weighted by atomic mass is 10.3. The molecule has 1 aromatic carbocycles. The molecule has 1 N–H and O–H groups in total. The summed E-state index contributed by atoms with van der Waals surface area (Å²) >= 11 is 14.9. The Bertz CT molecular complexity index is 818. The van der Waals surface area contributed by atoms with Crippen molar-refractivity contribution in [2.45, 2.75) is 13.8 Å². The minimum absolute atomic E-state index is 0.218. The first-order valence-electron chi connectivity index (χ1n) is 5.95. The van der Waals surface area contributed by atoms with Gasteiger partial charge < -0.3 is 0 Å². The van der Waals surface area contributed by atoms with Crippen molar-refractivity contribution >= 4 is 67.1 Å². The molecule has 3 aromatic rings. The molecule has 3 rings (SSSR count). The first kappa shape index (κ1) is 14.7. The fraction of sp³-hybridized carbons (Fsp3) is 0.154. The summed E-state index contributed by atoms with van der Waals surface area (Å²) in [6, 6.07) is 3.40. The number of thiazole rings is 2. The number of benzene rings is 1. The Hall–Kier alpha value is -1.21. The Morgan fingerprint density at radius 2 is 1.86 bits per heavy atom. The first-order valence-corrected chi connectivity index (χ1v) is 8.34. The van der Waals surface area contributed by atoms with Gasteiger partial charge in [0.15, 0.2) is 5.13 Å². The summed E-state index contributed by atoms with van der Waals surface area (Å²) in [7, 11) is 0. The summed E-state index contributed by atoms with van der Waals surface area (Å²) in [4.78, 5) is 21.4. The quantitative estimate of drug-likeness (QED) is 0.707. The molecule has 21 heavy (non-hydrogen) atoms. The molecular weight excluding hydrogens is 349 g/mol. The third-order valence-electron chi connectivity index (χ3n) is 2.78. The molecule has 108 valence electrons. The molecule has 0 aliphatic heterocycles. The van der Waals surface area contributed by atoms with Crippen LogP contribution in [-0.2, 0) is 0 Å². The number of rotatable bonds is 2. The molecule has 0 fully saturated rings. The normalized spacial score (nSPS) is 11.0. The van der Waals surface area contributed by atoms with Gasteiger partial charge in [-0.05, 0) is 26.0 Å². The van der Waals surface area contributed by atoms with Crippen molar-refractivity contribution in [3.8, 4) is 0 Å². The number of aryl methyl sites for hydroxylation is 2. The number of hydrogen-bond donors (Lipinski definition) is 1. The Morgan fingerprint density at radius 1 is 1.14 bits per heavy atom. The molecule has 0 spiro atoms. The number of aromatic nitrogens is 2. The number of nitrogens with one attached hydrogen (secondary N) is 1. The molecule has 0 aliphatic rings. The lowest BCUT2D eigenvalue weighted by Crippen LogP contribution is -2.11. The molecule has 2 heterocycles. The molecule has 8 heteroatoms. The van der Waals surface area contributed by atoms with Crippen LogP contribution in [0.25, 0.3) is 10.2 Å². The van der Waals surface area contributed by atoms with Crippen molar-refractivity contribution in [2.75, 3.05) is 5.32 Å². The number of hydrogen-bond acceptors (Lipinski definition) is 5. The molecule has 0 radical (unpaired) electrons. The zero-order chi connectivity index (χ0) is 15.1. The van der Waals surface area contributed by atoms with Crippen molar-refractivity contribution in [3.63, 3.8) is 0 Å². The second-order valence-corrected chi connectivity index (χ2v) is 7.34. The fourth-order valence-corrected chi connectivity index (χ4v) is 4.13. The van der Waals surface area contributed by atoms with Gasteiger partial charge in [0.2, 0.25) is 0 Å². The maximum absolute atomic E-state index is 12.3. The van der Waals surface area contributed by atoms with E-state index in [2.05, 4.69) is 15.3 Å². The van der Waals surface area contributed by atoms with E-state index in [1.165, 1.54) is 22.7 Å². The second kappa shape index (κ2) is 5.53. The highest BCUT2D eigenvalue weighted by Gasteiger charge is 2.17. The van der Waals surface area contributed by atoms with Crippen LogP contribution in [0.1, 0.15) is 20.4 Å². The summed E-state index contributed by atoms with van der Waals surface area (Å²) in [5.41, 5.74) is 1.31. The summed E-state index contributed by atoms with van der Waals surface area (Å²) in [5.74, 6) is -0.218. The predicted octanol–water partition coefficient (Wildman–Crippen LogP) is 4.93. The van der Waals surface area contributed by atoms with Crippen LogP contribution in [-0.4, -0.2) is 15.9 Å². The van der Waals surface area contributed by atoms with Crippen molar-refractivity contribution in [1.82, 2.24) is 9.97 Å². The Morgan fingerprint density at radius 3 is 2.48 bits per heavy atom. The minimum Gasteiger partial charge on any atom is -0.297 e. The van der Waals surface area contributed by atoms with Crippen LogP contribution in [0.2, 0.25) is 10.0 Å². The summed E-state index contributed by atoms with van der Waals surface area (Å²) < 4.78 is 0.761. The van der Waals surface area contributed by atoms with Gasteiger partial charge in [-0.15, -0.1) is 11.3 Å². The SMILES string of the molecule is Cc1nc(C)c(C(=O)Nc2nc3c(Cl)ccc(Cl)c3s2)s1. The van der Waals surface area contributed by atoms with Crippen LogP contribution < -0.4 is 5.32 Å². The zero-order valence-corrected chi connectivity index (χ0v) is 14.2. The van der Waals surface area contributed by atoms with Crippen molar-refractivity contribution in [2.24, 2.45) is 0 Å². The second-order valence-electron chi connectivity index (χ2n) is 4.33. The Labute approximate surface area is 138 Å². The molecule has 4 nitrogen and oxygen atoms in total. The topological polar surface area (TPSA) is 54.9 Å². The van der Waals surface area contributed by atoms with Gasteiger partial charge in [-0.3, -0.25) is 10.1 Å². The monoisotopic (exact) mass is 357 g/mol. The molecule has 0 atom stereocenters. The van der Waals surface area contributed by atoms with E-state index in [0.717, 1.165) is 9.71 Å². The van der Waals surface area contributed by atoms with Crippen LogP contribution in [0.15, 0.2) is 12.1 Å². The number of anilines is 1. The average Bonchev–Trinajstić information content (AvgIpc) is 2.98. The van der Waals surface area contributed by atoms with E-state index in [1.54, 1.807) is 12.1 Å². The molecule has 1 amide bonds. The van der Waals surface area contributed by atoms with Crippen LogP contribution in [0, 0.1) is 13.8 Å². The maximum atomic E-state index is 12.3. The van der Waals surface area contributed by atoms with E-state index < -0.39 is 0 Å². The minimum atomic E-state index is -0.218. The van der Waals surface area contributed by atoms with Crippen molar-refractivity contribution < 1.29 is 4.79 Å². The zero-order valence-electron chi connectivity index (χ0n) is 11.0. The van der Waals surface area contributed by atoms with Gasteiger partial charge in [0.05, 0.1) is 25.4 Å². The van der Waals surface area contributed by atoms with E-state index in [9.17, 15) is 4.79 Å². The van der Waals surface area contributed by atoms with Gasteiger partial charge in [-0.1, -0.05) is 34.5 Å². The highest BCUT2D eigenvalue weighted by molar-refractivity contribution is 7.23. The highest BCUT2D eigenvalue weighted by atomic mass is 35.5. The largest absolute Gasteiger partial charge is 0.297 e. The van der Waals surface area contributed by atoms with Gasteiger partial charge in [0.1, 0.15) is 10.4 Å². The molecule has 0 unspecified atom stereocenters. The molecule has 0 saturated heterocycles. The van der Waals surface area contributed by atoms with Gasteiger partial charge in [0.25, 0.3) is 5.91 Å². The highest BCUT2D eigenvalue weighted by Crippen LogP contribution is 2.36. The van der Waals surface area contributed by atoms with Crippen LogP contribution in [0.5, 0.6) is 0 Å². The van der Waals surface area contributed by atoms with Crippen LogP contribution >= 0.6 is 45.9 Å².